The molecule has 0 aliphatic rings. The number of benzene rings is 2. The van der Waals surface area contributed by atoms with Crippen LogP contribution in [0.1, 0.15) is 11.0 Å². The molecular formula is C15H11NO2. The van der Waals surface area contributed by atoms with Gasteiger partial charge in [-0.1, -0.05) is 30.3 Å². The van der Waals surface area contributed by atoms with Gasteiger partial charge in [0.2, 0.25) is 0 Å². The second-order valence-corrected chi connectivity index (χ2v) is 3.88. The third-order valence-corrected chi connectivity index (χ3v) is 2.78. The third-order valence-electron chi connectivity index (χ3n) is 2.78. The molecule has 3 rings (SSSR count). The molecule has 0 atom stereocenters. The lowest BCUT2D eigenvalue weighted by Gasteiger charge is -2.08. The van der Waals surface area contributed by atoms with Crippen LogP contribution < -0.4 is 4.74 Å². The summed E-state index contributed by atoms with van der Waals surface area (Å²) in [6.07, 6.45) is 1.64. The Hall–Kier alpha value is -2.42. The maximum Gasteiger partial charge on any atom is 0.308 e. The first-order valence-corrected chi connectivity index (χ1v) is 5.45. The largest absolute Gasteiger partial charge is 0.426 e. The number of hydrogen-bond acceptors (Lipinski definition) is 3. The van der Waals surface area contributed by atoms with Gasteiger partial charge in [-0.05, 0) is 17.5 Å². The predicted octanol–water partition coefficient (Wildman–Crippen LogP) is 3.31. The van der Waals surface area contributed by atoms with Gasteiger partial charge in [0.05, 0.1) is 10.9 Å². The zero-order chi connectivity index (χ0) is 15.0. The quantitative estimate of drug-likeness (QED) is 0.372. The Morgan fingerprint density at radius 3 is 2.89 bits per heavy atom. The van der Waals surface area contributed by atoms with Gasteiger partial charge in [-0.3, -0.25) is 9.78 Å². The lowest BCUT2D eigenvalue weighted by molar-refractivity contribution is -0.131. The Balaban J connectivity index is 2.23. The van der Waals surface area contributed by atoms with Crippen molar-refractivity contribution in [3.63, 3.8) is 0 Å². The van der Waals surface area contributed by atoms with E-state index in [0.717, 1.165) is 10.8 Å². The average Bonchev–Trinajstić information content (AvgIpc) is 2.46. The molecule has 0 fully saturated rings. The maximum atomic E-state index is 11.6. The van der Waals surface area contributed by atoms with Crippen molar-refractivity contribution in [2.75, 3.05) is 0 Å². The minimum atomic E-state index is -2.79. The molecule has 0 saturated heterocycles. The van der Waals surface area contributed by atoms with Crippen molar-refractivity contribution >= 4 is 27.6 Å². The lowest BCUT2D eigenvalue weighted by Crippen LogP contribution is -2.02. The van der Waals surface area contributed by atoms with Crippen molar-refractivity contribution in [3.8, 4) is 5.75 Å². The zero-order valence-electron chi connectivity index (χ0n) is 12.4. The summed E-state index contributed by atoms with van der Waals surface area (Å²) in [5.74, 6) is -1.04. The Morgan fingerprint density at radius 1 is 1.17 bits per heavy atom. The van der Waals surface area contributed by atoms with E-state index in [1.54, 1.807) is 18.3 Å². The van der Waals surface area contributed by atoms with Gasteiger partial charge in [-0.2, -0.15) is 0 Å². The first-order valence-electron chi connectivity index (χ1n) is 6.95. The fourth-order valence-corrected chi connectivity index (χ4v) is 2.07. The molecule has 1 aromatic heterocycles. The Kier molecular flexibility index (Phi) is 1.79. The van der Waals surface area contributed by atoms with Crippen molar-refractivity contribution in [1.29, 1.82) is 0 Å². The molecular weight excluding hydrogens is 226 g/mol. The van der Waals surface area contributed by atoms with Gasteiger partial charge in [0.15, 0.2) is 0 Å². The second-order valence-electron chi connectivity index (χ2n) is 3.88. The molecule has 0 aliphatic heterocycles. The van der Waals surface area contributed by atoms with Crippen LogP contribution in [-0.2, 0) is 4.79 Å². The van der Waals surface area contributed by atoms with Crippen LogP contribution in [0.4, 0.5) is 0 Å². The van der Waals surface area contributed by atoms with Crippen LogP contribution in [0.5, 0.6) is 5.75 Å². The van der Waals surface area contributed by atoms with Gasteiger partial charge >= 0.3 is 5.97 Å². The molecule has 0 spiro atoms. The van der Waals surface area contributed by atoms with E-state index in [4.69, 9.17) is 8.85 Å². The van der Waals surface area contributed by atoms with Crippen LogP contribution in [-0.4, -0.2) is 11.0 Å². The predicted molar refractivity (Wildman–Crippen MR) is 70.6 cm³/mol. The Morgan fingerprint density at radius 2 is 2.00 bits per heavy atom. The highest BCUT2D eigenvalue weighted by molar-refractivity contribution is 6.08. The normalized spacial score (nSPS) is 13.9. The standard InChI is InChI=1S/C15H11NO2/c1-10(17)18-13-6-2-4-11-7-8-12-5-3-9-16-15(12)14(11)13/h2-9H,1H3/i1D3. The summed E-state index contributed by atoms with van der Waals surface area (Å²) < 4.78 is 26.4. The van der Waals surface area contributed by atoms with Crippen molar-refractivity contribution in [2.45, 2.75) is 6.85 Å². The second kappa shape index (κ2) is 4.11. The van der Waals surface area contributed by atoms with E-state index in [1.807, 2.05) is 30.3 Å². The molecule has 3 aromatic rings. The average molecular weight is 240 g/mol. The molecule has 3 nitrogen and oxygen atoms in total. The molecule has 2 aromatic carbocycles. The van der Waals surface area contributed by atoms with E-state index in [-0.39, 0.29) is 5.75 Å². The van der Waals surface area contributed by atoms with Crippen molar-refractivity contribution in [2.24, 2.45) is 0 Å². The third kappa shape index (κ3) is 1.70. The van der Waals surface area contributed by atoms with Crippen LogP contribution in [0.3, 0.4) is 0 Å². The lowest BCUT2D eigenvalue weighted by atomic mass is 10.1. The van der Waals surface area contributed by atoms with Crippen molar-refractivity contribution in [3.05, 3.63) is 48.7 Å². The molecule has 88 valence electrons. The smallest absolute Gasteiger partial charge is 0.308 e. The molecule has 18 heavy (non-hydrogen) atoms. The SMILES string of the molecule is [2H]C([2H])([2H])C(=O)Oc1cccc2ccc3cccnc3c12. The number of aromatic nitrogens is 1. The van der Waals surface area contributed by atoms with Crippen LogP contribution in [0.15, 0.2) is 48.7 Å². The molecule has 0 N–H and O–H groups in total. The van der Waals surface area contributed by atoms with Gasteiger partial charge in [-0.15, -0.1) is 0 Å². The van der Waals surface area contributed by atoms with E-state index in [1.165, 1.54) is 0 Å². The van der Waals surface area contributed by atoms with E-state index in [9.17, 15) is 4.79 Å². The molecule has 1 heterocycles. The van der Waals surface area contributed by atoms with Gasteiger partial charge in [-0.25, -0.2) is 0 Å². The number of hydrogen-bond donors (Lipinski definition) is 0. The van der Waals surface area contributed by atoms with Crippen LogP contribution >= 0.6 is 0 Å². The zero-order valence-corrected chi connectivity index (χ0v) is 9.38. The number of fused-ring (bicyclic) bond motifs is 3. The summed E-state index contributed by atoms with van der Waals surface area (Å²) in [6.45, 7) is -2.79. The first kappa shape index (κ1) is 7.82. The first-order chi connectivity index (χ1) is 9.97. The monoisotopic (exact) mass is 240 g/mol. The van der Waals surface area contributed by atoms with Crippen molar-refractivity contribution in [1.82, 2.24) is 4.98 Å². The minimum absolute atomic E-state index is 0.206. The number of nitrogens with zero attached hydrogens (tertiary/aromatic N) is 1. The summed E-state index contributed by atoms with van der Waals surface area (Å²) in [7, 11) is 0. The number of ether oxygens (including phenoxy) is 1. The van der Waals surface area contributed by atoms with Gasteiger partial charge in [0.1, 0.15) is 5.75 Å². The van der Waals surface area contributed by atoms with E-state index < -0.39 is 12.8 Å². The van der Waals surface area contributed by atoms with E-state index in [2.05, 4.69) is 4.98 Å². The maximum absolute atomic E-state index is 11.6. The summed E-state index contributed by atoms with van der Waals surface area (Å²) >= 11 is 0. The Labute approximate surface area is 108 Å². The molecule has 0 saturated carbocycles. The molecule has 3 heteroatoms. The Bertz CT molecular complexity index is 843. The molecule has 0 amide bonds. The highest BCUT2D eigenvalue weighted by Gasteiger charge is 2.08. The molecule has 0 aliphatic carbocycles. The van der Waals surface area contributed by atoms with Crippen LogP contribution in [0.25, 0.3) is 21.7 Å². The summed E-state index contributed by atoms with van der Waals surface area (Å²) in [5.41, 5.74) is 0.670. The number of carbonyl (C=O) groups excluding carboxylic acids is 1. The van der Waals surface area contributed by atoms with Crippen LogP contribution in [0, 0.1) is 0 Å². The van der Waals surface area contributed by atoms with Gasteiger partial charge < -0.3 is 4.74 Å². The summed E-state index contributed by atoms with van der Waals surface area (Å²) in [6, 6.07) is 12.6. The van der Waals surface area contributed by atoms with Gasteiger partial charge in [0.25, 0.3) is 0 Å². The number of carbonyl (C=O) groups is 1. The number of pyridine rings is 1. The fraction of sp³-hybridized carbons (Fsp3) is 0.0667. The summed E-state index contributed by atoms with van der Waals surface area (Å²) in [4.78, 5) is 15.9. The van der Waals surface area contributed by atoms with Crippen molar-refractivity contribution < 1.29 is 13.6 Å². The fourth-order valence-electron chi connectivity index (χ4n) is 2.07. The molecule has 0 radical (unpaired) electrons. The highest BCUT2D eigenvalue weighted by Crippen LogP contribution is 2.31. The van der Waals surface area contributed by atoms with E-state index in [0.29, 0.717) is 10.9 Å². The van der Waals surface area contributed by atoms with Gasteiger partial charge in [0, 0.05) is 22.5 Å². The molecule has 0 unspecified atom stereocenters. The van der Waals surface area contributed by atoms with Crippen LogP contribution in [0.2, 0.25) is 0 Å². The number of esters is 1. The topological polar surface area (TPSA) is 39.2 Å². The number of rotatable bonds is 1. The van der Waals surface area contributed by atoms with E-state index >= 15 is 0 Å². The molecule has 0 bridgehead atoms. The minimum Gasteiger partial charge on any atom is -0.426 e. The summed E-state index contributed by atoms with van der Waals surface area (Å²) in [5, 5.41) is 2.35. The highest BCUT2D eigenvalue weighted by atomic mass is 16.5.